The first-order valence-corrected chi connectivity index (χ1v) is 7.55. The Hall–Kier alpha value is -2.44. The van der Waals surface area contributed by atoms with Gasteiger partial charge in [0, 0.05) is 26.2 Å². The molecule has 2 atom stereocenters. The molecule has 6 nitrogen and oxygen atoms in total. The van der Waals surface area contributed by atoms with E-state index in [4.69, 9.17) is 4.42 Å². The maximum absolute atomic E-state index is 13.9. The molecule has 0 aromatic carbocycles. The molecular formula is C16H19FN4O2. The molecule has 1 saturated heterocycles. The van der Waals surface area contributed by atoms with Gasteiger partial charge in [0.2, 0.25) is 5.91 Å². The number of halogens is 1. The summed E-state index contributed by atoms with van der Waals surface area (Å²) in [5.41, 5.74) is 0.837. The van der Waals surface area contributed by atoms with Crippen LogP contribution in [0.25, 0.3) is 0 Å². The summed E-state index contributed by atoms with van der Waals surface area (Å²) < 4.78 is 18.8. The normalized spacial score (nSPS) is 20.7. The molecule has 1 fully saturated rings. The van der Waals surface area contributed by atoms with Crippen molar-refractivity contribution in [3.05, 3.63) is 42.7 Å². The zero-order chi connectivity index (χ0) is 16.2. The van der Waals surface area contributed by atoms with Crippen LogP contribution >= 0.6 is 0 Å². The maximum Gasteiger partial charge on any atom is 0.226 e. The molecule has 122 valence electrons. The number of anilines is 1. The van der Waals surface area contributed by atoms with E-state index >= 15 is 0 Å². The van der Waals surface area contributed by atoms with Gasteiger partial charge >= 0.3 is 0 Å². The van der Waals surface area contributed by atoms with Gasteiger partial charge in [-0.05, 0) is 17.7 Å². The Balaban J connectivity index is 1.64. The van der Waals surface area contributed by atoms with Gasteiger partial charge in [0.25, 0.3) is 0 Å². The second-order valence-electron chi connectivity index (χ2n) is 5.79. The summed E-state index contributed by atoms with van der Waals surface area (Å²) >= 11 is 0. The Morgan fingerprint density at radius 2 is 2.39 bits per heavy atom. The minimum Gasteiger partial charge on any atom is -0.472 e. The lowest BCUT2D eigenvalue weighted by Gasteiger charge is -2.29. The fourth-order valence-corrected chi connectivity index (χ4v) is 2.89. The molecule has 0 radical (unpaired) electrons. The van der Waals surface area contributed by atoms with E-state index in [0.717, 1.165) is 5.56 Å². The van der Waals surface area contributed by atoms with Crippen molar-refractivity contribution in [3.63, 3.8) is 0 Å². The number of hydrogen-bond donors (Lipinski definition) is 0. The third-order valence-electron chi connectivity index (χ3n) is 4.07. The second-order valence-corrected chi connectivity index (χ2v) is 5.79. The molecule has 1 aliphatic heterocycles. The monoisotopic (exact) mass is 318 g/mol. The molecule has 0 N–H and O–H groups in total. The summed E-state index contributed by atoms with van der Waals surface area (Å²) in [5.74, 6) is 0.678. The predicted molar refractivity (Wildman–Crippen MR) is 82.7 cm³/mol. The van der Waals surface area contributed by atoms with Gasteiger partial charge in [0.05, 0.1) is 31.5 Å². The van der Waals surface area contributed by atoms with E-state index in [1.54, 1.807) is 42.8 Å². The summed E-state index contributed by atoms with van der Waals surface area (Å²) in [6.07, 6.45) is 5.97. The Bertz CT molecular complexity index is 635. The van der Waals surface area contributed by atoms with Gasteiger partial charge in [-0.25, -0.2) is 14.4 Å². The van der Waals surface area contributed by atoms with E-state index in [1.165, 1.54) is 6.33 Å². The SMILES string of the molecule is CN(C[C@@H]1C[C@H](F)CN1c1ccncn1)C(=O)Cc1ccoc1. The van der Waals surface area contributed by atoms with Crippen LogP contribution in [-0.2, 0) is 11.2 Å². The highest BCUT2D eigenvalue weighted by atomic mass is 19.1. The number of hydrogen-bond acceptors (Lipinski definition) is 5. The summed E-state index contributed by atoms with van der Waals surface area (Å²) in [4.78, 5) is 23.9. The molecule has 0 aliphatic carbocycles. The van der Waals surface area contributed by atoms with E-state index in [0.29, 0.717) is 25.3 Å². The zero-order valence-electron chi connectivity index (χ0n) is 12.9. The van der Waals surface area contributed by atoms with Crippen LogP contribution < -0.4 is 4.90 Å². The average Bonchev–Trinajstić information content (AvgIpc) is 3.18. The van der Waals surface area contributed by atoms with Crippen LogP contribution in [0.5, 0.6) is 0 Å². The second kappa shape index (κ2) is 6.76. The highest BCUT2D eigenvalue weighted by Crippen LogP contribution is 2.26. The van der Waals surface area contributed by atoms with Gasteiger partial charge < -0.3 is 14.2 Å². The topological polar surface area (TPSA) is 62.5 Å². The Morgan fingerprint density at radius 1 is 1.52 bits per heavy atom. The fourth-order valence-electron chi connectivity index (χ4n) is 2.89. The van der Waals surface area contributed by atoms with E-state index in [1.807, 2.05) is 4.90 Å². The first kappa shape index (κ1) is 15.5. The number of rotatable bonds is 5. The molecule has 0 bridgehead atoms. The van der Waals surface area contributed by atoms with E-state index in [2.05, 4.69) is 9.97 Å². The van der Waals surface area contributed by atoms with Crippen LogP contribution in [-0.4, -0.2) is 53.1 Å². The number of alkyl halides is 1. The smallest absolute Gasteiger partial charge is 0.226 e. The van der Waals surface area contributed by atoms with Gasteiger partial charge in [-0.3, -0.25) is 4.79 Å². The highest BCUT2D eigenvalue weighted by Gasteiger charge is 2.34. The number of furan rings is 1. The number of aromatic nitrogens is 2. The molecule has 1 amide bonds. The minimum absolute atomic E-state index is 0.0173. The number of likely N-dealkylation sites (N-methyl/N-ethyl adjacent to an activating group) is 1. The molecule has 2 aromatic heterocycles. The van der Waals surface area contributed by atoms with Crippen molar-refractivity contribution in [3.8, 4) is 0 Å². The molecule has 0 spiro atoms. The maximum atomic E-state index is 13.9. The molecule has 0 unspecified atom stereocenters. The highest BCUT2D eigenvalue weighted by molar-refractivity contribution is 5.78. The van der Waals surface area contributed by atoms with Crippen molar-refractivity contribution < 1.29 is 13.6 Å². The lowest BCUT2D eigenvalue weighted by atomic mass is 10.1. The lowest BCUT2D eigenvalue weighted by molar-refractivity contribution is -0.129. The standard InChI is InChI=1S/C16H19FN4O2/c1-20(16(22)6-12-3-5-23-10-12)9-14-7-13(17)8-21(14)15-2-4-18-11-19-15/h2-5,10-11,13-14H,6-9H2,1H3/t13-,14-/m0/s1. The Kier molecular flexibility index (Phi) is 4.55. The van der Waals surface area contributed by atoms with Crippen LogP contribution in [0.3, 0.4) is 0 Å². The fraction of sp³-hybridized carbons (Fsp3) is 0.438. The summed E-state index contributed by atoms with van der Waals surface area (Å²) in [7, 11) is 1.74. The zero-order valence-corrected chi connectivity index (χ0v) is 12.9. The van der Waals surface area contributed by atoms with Crippen molar-refractivity contribution in [1.29, 1.82) is 0 Å². The predicted octanol–water partition coefficient (Wildman–Crippen LogP) is 1.69. The minimum atomic E-state index is -0.910. The molecule has 3 heterocycles. The van der Waals surface area contributed by atoms with Crippen molar-refractivity contribution >= 4 is 11.7 Å². The molecule has 0 saturated carbocycles. The Labute approximate surface area is 133 Å². The van der Waals surface area contributed by atoms with Gasteiger partial charge in [-0.15, -0.1) is 0 Å². The van der Waals surface area contributed by atoms with Gasteiger partial charge in [0.1, 0.15) is 18.3 Å². The van der Waals surface area contributed by atoms with E-state index in [9.17, 15) is 9.18 Å². The third kappa shape index (κ3) is 3.67. The van der Waals surface area contributed by atoms with Crippen LogP contribution in [0.4, 0.5) is 10.2 Å². The number of amides is 1. The summed E-state index contributed by atoms with van der Waals surface area (Å²) in [6.45, 7) is 0.756. The molecule has 23 heavy (non-hydrogen) atoms. The molecule has 7 heteroatoms. The van der Waals surface area contributed by atoms with E-state index in [-0.39, 0.29) is 18.4 Å². The lowest BCUT2D eigenvalue weighted by Crippen LogP contribution is -2.42. The molecule has 2 aromatic rings. The van der Waals surface area contributed by atoms with Gasteiger partial charge in [0.15, 0.2) is 0 Å². The van der Waals surface area contributed by atoms with Crippen molar-refractivity contribution in [2.24, 2.45) is 0 Å². The Morgan fingerprint density at radius 3 is 3.09 bits per heavy atom. The largest absolute Gasteiger partial charge is 0.472 e. The van der Waals surface area contributed by atoms with Crippen molar-refractivity contribution in [1.82, 2.24) is 14.9 Å². The van der Waals surface area contributed by atoms with Gasteiger partial charge in [-0.1, -0.05) is 0 Å². The molecule has 3 rings (SSSR count). The molecular weight excluding hydrogens is 299 g/mol. The van der Waals surface area contributed by atoms with Gasteiger partial charge in [-0.2, -0.15) is 0 Å². The van der Waals surface area contributed by atoms with Crippen LogP contribution in [0.1, 0.15) is 12.0 Å². The third-order valence-corrected chi connectivity index (χ3v) is 4.07. The first-order chi connectivity index (χ1) is 11.1. The van der Waals surface area contributed by atoms with Crippen LogP contribution in [0.2, 0.25) is 0 Å². The number of carbonyl (C=O) groups excluding carboxylic acids is 1. The number of nitrogens with zero attached hydrogens (tertiary/aromatic N) is 4. The van der Waals surface area contributed by atoms with Crippen LogP contribution in [0, 0.1) is 0 Å². The number of carbonyl (C=O) groups is 1. The molecule has 1 aliphatic rings. The quantitative estimate of drug-likeness (QED) is 0.839. The van der Waals surface area contributed by atoms with Crippen LogP contribution in [0.15, 0.2) is 41.6 Å². The summed E-state index contributed by atoms with van der Waals surface area (Å²) in [5, 5.41) is 0. The average molecular weight is 318 g/mol. The first-order valence-electron chi connectivity index (χ1n) is 7.55. The van der Waals surface area contributed by atoms with E-state index < -0.39 is 6.17 Å². The van der Waals surface area contributed by atoms with Crippen molar-refractivity contribution in [2.45, 2.75) is 25.1 Å². The van der Waals surface area contributed by atoms with Crippen molar-refractivity contribution in [2.75, 3.05) is 25.0 Å². The summed E-state index contributed by atoms with van der Waals surface area (Å²) in [6, 6.07) is 3.45.